The molecule has 0 amide bonds. The molecule has 0 bridgehead atoms. The van der Waals surface area contributed by atoms with Crippen molar-refractivity contribution < 1.29 is 0 Å². The monoisotopic (exact) mass is 173 g/mol. The number of aromatic nitrogens is 2. The minimum Gasteiger partial charge on any atom is -0.290 e. The van der Waals surface area contributed by atoms with Gasteiger partial charge in [-0.2, -0.15) is 0 Å². The second-order valence-electron chi connectivity index (χ2n) is 2.60. The van der Waals surface area contributed by atoms with Gasteiger partial charge in [0.1, 0.15) is 0 Å². The number of para-hydroxylation sites is 2. The summed E-state index contributed by atoms with van der Waals surface area (Å²) in [4.78, 5) is 5.44. The fourth-order valence-corrected chi connectivity index (χ4v) is 2.01. The van der Waals surface area contributed by atoms with Crippen LogP contribution in [0, 0.1) is 5.38 Å². The number of thiazole rings is 1. The quantitative estimate of drug-likeness (QED) is 0.510. The van der Waals surface area contributed by atoms with Gasteiger partial charge in [-0.1, -0.05) is 23.5 Å². The number of nitrogens with zero attached hydrogens (tertiary/aromatic N) is 2. The van der Waals surface area contributed by atoms with Crippen molar-refractivity contribution >= 4 is 27.3 Å². The molecule has 3 rings (SSSR count). The van der Waals surface area contributed by atoms with E-state index in [0.717, 1.165) is 16.0 Å². The summed E-state index contributed by atoms with van der Waals surface area (Å²) in [5.41, 5.74) is 2.21. The van der Waals surface area contributed by atoms with E-state index in [9.17, 15) is 0 Å². The van der Waals surface area contributed by atoms with E-state index in [1.807, 2.05) is 24.4 Å². The topological polar surface area (TPSA) is 17.3 Å². The Morgan fingerprint density at radius 1 is 1.33 bits per heavy atom. The second kappa shape index (κ2) is 2.08. The van der Waals surface area contributed by atoms with Gasteiger partial charge in [0.15, 0.2) is 4.96 Å². The molecule has 57 valence electrons. The van der Waals surface area contributed by atoms with Gasteiger partial charge in [0.25, 0.3) is 0 Å². The van der Waals surface area contributed by atoms with Crippen LogP contribution in [0.4, 0.5) is 0 Å². The van der Waals surface area contributed by atoms with E-state index < -0.39 is 0 Å². The average molecular weight is 173 g/mol. The molecule has 0 unspecified atom stereocenters. The molecule has 2 aromatic heterocycles. The lowest BCUT2D eigenvalue weighted by molar-refractivity contribution is 1.28. The lowest BCUT2D eigenvalue weighted by Gasteiger charge is -1.86. The molecule has 2 nitrogen and oxygen atoms in total. The van der Waals surface area contributed by atoms with Crippen LogP contribution in [0.3, 0.4) is 0 Å². The Morgan fingerprint density at radius 3 is 3.25 bits per heavy atom. The maximum absolute atomic E-state index is 4.43. The molecule has 1 radical (unpaired) electrons. The van der Waals surface area contributed by atoms with E-state index in [1.54, 1.807) is 0 Å². The highest BCUT2D eigenvalue weighted by atomic mass is 32.1. The number of benzene rings is 1. The third kappa shape index (κ3) is 0.662. The molecule has 2 heterocycles. The van der Waals surface area contributed by atoms with Crippen molar-refractivity contribution in [2.24, 2.45) is 0 Å². The average Bonchev–Trinajstić information content (AvgIpc) is 2.62. The lowest BCUT2D eigenvalue weighted by atomic mass is 10.3. The van der Waals surface area contributed by atoms with Crippen LogP contribution in [0.15, 0.2) is 30.5 Å². The smallest absolute Gasteiger partial charge is 0.195 e. The van der Waals surface area contributed by atoms with Crippen LogP contribution in [0.2, 0.25) is 0 Å². The Morgan fingerprint density at radius 2 is 2.25 bits per heavy atom. The molecule has 3 heteroatoms. The molecular weight excluding hydrogens is 168 g/mol. The van der Waals surface area contributed by atoms with Crippen molar-refractivity contribution in [3.8, 4) is 0 Å². The molecule has 0 aliphatic rings. The molecule has 3 aromatic rings. The fourth-order valence-electron chi connectivity index (χ4n) is 1.35. The molecule has 0 fully saturated rings. The fraction of sp³-hybridized carbons (Fsp3) is 0. The Kier molecular flexibility index (Phi) is 1.07. The van der Waals surface area contributed by atoms with E-state index in [0.29, 0.717) is 0 Å². The summed E-state index contributed by atoms with van der Waals surface area (Å²) in [5.74, 6) is 0. The van der Waals surface area contributed by atoms with Crippen molar-refractivity contribution in [3.63, 3.8) is 0 Å². The molecule has 12 heavy (non-hydrogen) atoms. The summed E-state index contributed by atoms with van der Waals surface area (Å²) >= 11 is 1.54. The van der Waals surface area contributed by atoms with E-state index >= 15 is 0 Å². The molecule has 0 aliphatic carbocycles. The first-order chi connectivity index (χ1) is 5.95. The highest BCUT2D eigenvalue weighted by Gasteiger charge is 2.02. The summed E-state index contributed by atoms with van der Waals surface area (Å²) < 4.78 is 2.06. The maximum atomic E-state index is 4.43. The molecule has 0 spiro atoms. The number of imidazole rings is 1. The zero-order valence-corrected chi connectivity index (χ0v) is 7.01. The second-order valence-corrected chi connectivity index (χ2v) is 3.41. The van der Waals surface area contributed by atoms with Crippen molar-refractivity contribution in [2.75, 3.05) is 0 Å². The molecule has 0 N–H and O–H groups in total. The number of rotatable bonds is 0. The third-order valence-electron chi connectivity index (χ3n) is 1.90. The molecule has 0 atom stereocenters. The summed E-state index contributed by atoms with van der Waals surface area (Å²) in [5, 5.41) is 3.05. The summed E-state index contributed by atoms with van der Waals surface area (Å²) in [7, 11) is 0. The number of fused-ring (bicyclic) bond motifs is 3. The molecule has 0 aliphatic heterocycles. The van der Waals surface area contributed by atoms with Crippen LogP contribution < -0.4 is 0 Å². The van der Waals surface area contributed by atoms with Gasteiger partial charge in [-0.3, -0.25) is 4.40 Å². The third-order valence-corrected chi connectivity index (χ3v) is 2.59. The Labute approximate surface area is 73.1 Å². The molecular formula is C9H5N2S. The van der Waals surface area contributed by atoms with E-state index in [-0.39, 0.29) is 0 Å². The van der Waals surface area contributed by atoms with Gasteiger partial charge in [-0.25, -0.2) is 4.98 Å². The van der Waals surface area contributed by atoms with Gasteiger partial charge >= 0.3 is 0 Å². The largest absolute Gasteiger partial charge is 0.290 e. The van der Waals surface area contributed by atoms with Gasteiger partial charge in [-0.15, -0.1) is 0 Å². The van der Waals surface area contributed by atoms with E-state index in [4.69, 9.17) is 0 Å². The molecule has 0 saturated carbocycles. The van der Waals surface area contributed by atoms with Crippen LogP contribution in [0.25, 0.3) is 16.0 Å². The first-order valence-electron chi connectivity index (χ1n) is 3.68. The van der Waals surface area contributed by atoms with Crippen LogP contribution in [-0.4, -0.2) is 9.38 Å². The van der Waals surface area contributed by atoms with Crippen LogP contribution >= 0.6 is 11.3 Å². The van der Waals surface area contributed by atoms with Crippen molar-refractivity contribution in [3.05, 3.63) is 35.8 Å². The molecule has 0 saturated heterocycles. The minimum atomic E-state index is 1.01. The first kappa shape index (κ1) is 6.20. The van der Waals surface area contributed by atoms with Gasteiger partial charge in [0.2, 0.25) is 0 Å². The summed E-state index contributed by atoms with van der Waals surface area (Å²) in [6.45, 7) is 0. The number of hydrogen-bond acceptors (Lipinski definition) is 2. The minimum absolute atomic E-state index is 1.01. The van der Waals surface area contributed by atoms with Gasteiger partial charge in [0, 0.05) is 6.20 Å². The predicted molar refractivity (Wildman–Crippen MR) is 49.4 cm³/mol. The standard InChI is InChI=1S/C9H5N2S/c1-2-4-8-7(3-1)10-9-11(8)5-6-12-9/h1-5H. The van der Waals surface area contributed by atoms with Crippen LogP contribution in [0.5, 0.6) is 0 Å². The Balaban J connectivity index is 2.68. The van der Waals surface area contributed by atoms with Crippen molar-refractivity contribution in [2.45, 2.75) is 0 Å². The lowest BCUT2D eigenvalue weighted by Crippen LogP contribution is -1.73. The molecule has 1 aromatic carbocycles. The first-order valence-corrected chi connectivity index (χ1v) is 4.49. The zero-order valence-electron chi connectivity index (χ0n) is 6.19. The normalized spacial score (nSPS) is 11.3. The van der Waals surface area contributed by atoms with Gasteiger partial charge in [0.05, 0.1) is 16.4 Å². The Bertz CT molecular complexity index is 534. The maximum Gasteiger partial charge on any atom is 0.195 e. The SMILES string of the molecule is [c]1cn2c(nc3ccccc32)s1. The van der Waals surface area contributed by atoms with E-state index in [2.05, 4.69) is 20.8 Å². The van der Waals surface area contributed by atoms with Gasteiger partial charge < -0.3 is 0 Å². The van der Waals surface area contributed by atoms with E-state index in [1.165, 1.54) is 11.3 Å². The highest BCUT2D eigenvalue weighted by molar-refractivity contribution is 7.14. The predicted octanol–water partition coefficient (Wildman–Crippen LogP) is 2.35. The summed E-state index contributed by atoms with van der Waals surface area (Å²) in [6.07, 6.45) is 1.93. The number of hydrogen-bond donors (Lipinski definition) is 0. The zero-order chi connectivity index (χ0) is 7.97. The highest BCUT2D eigenvalue weighted by Crippen LogP contribution is 2.18. The summed E-state index contributed by atoms with van der Waals surface area (Å²) in [6, 6.07) is 8.11. The van der Waals surface area contributed by atoms with Crippen LogP contribution in [-0.2, 0) is 0 Å². The Hall–Kier alpha value is -1.35. The van der Waals surface area contributed by atoms with Crippen molar-refractivity contribution in [1.82, 2.24) is 9.38 Å². The van der Waals surface area contributed by atoms with Crippen molar-refractivity contribution in [1.29, 1.82) is 0 Å². The van der Waals surface area contributed by atoms with Crippen LogP contribution in [0.1, 0.15) is 0 Å². The van der Waals surface area contributed by atoms with Gasteiger partial charge in [-0.05, 0) is 12.1 Å².